The number of nitrogens with zero attached hydrogens (tertiary/aromatic N) is 1. The number of hydrogen-bond acceptors (Lipinski definition) is 3. The zero-order valence-corrected chi connectivity index (χ0v) is 14.4. The standard InChI is InChI=1S/C20H25NOS/c23-20-9-5-4-8-19(20)22-15-14-21-12-10-18(11-13-21)16-17-6-2-1-3-7-17/h1-9,18,23H,10-16H2. The van der Waals surface area contributed by atoms with E-state index in [1.165, 1.54) is 37.9 Å². The van der Waals surface area contributed by atoms with Crippen LogP contribution in [-0.2, 0) is 6.42 Å². The average molecular weight is 327 g/mol. The molecule has 122 valence electrons. The molecule has 0 unspecified atom stereocenters. The van der Waals surface area contributed by atoms with E-state index >= 15 is 0 Å². The Bertz CT molecular complexity index is 594. The second-order valence-corrected chi connectivity index (χ2v) is 6.77. The van der Waals surface area contributed by atoms with Gasteiger partial charge in [-0.3, -0.25) is 4.90 Å². The summed E-state index contributed by atoms with van der Waals surface area (Å²) >= 11 is 4.42. The Morgan fingerprint density at radius 2 is 1.65 bits per heavy atom. The quantitative estimate of drug-likeness (QED) is 0.794. The first-order valence-corrected chi connectivity index (χ1v) is 8.93. The third kappa shape index (κ3) is 5.02. The topological polar surface area (TPSA) is 12.5 Å². The minimum atomic E-state index is 0.737. The van der Waals surface area contributed by atoms with Crippen LogP contribution in [0.15, 0.2) is 59.5 Å². The highest BCUT2D eigenvalue weighted by Gasteiger charge is 2.19. The lowest BCUT2D eigenvalue weighted by molar-refractivity contribution is 0.154. The Hall–Kier alpha value is -1.45. The monoisotopic (exact) mass is 327 g/mol. The van der Waals surface area contributed by atoms with Crippen LogP contribution in [0.5, 0.6) is 5.75 Å². The maximum Gasteiger partial charge on any atom is 0.132 e. The van der Waals surface area contributed by atoms with Gasteiger partial charge in [-0.05, 0) is 56.0 Å². The van der Waals surface area contributed by atoms with E-state index in [9.17, 15) is 0 Å². The third-order valence-electron chi connectivity index (χ3n) is 4.60. The van der Waals surface area contributed by atoms with Crippen molar-refractivity contribution in [2.45, 2.75) is 24.2 Å². The maximum atomic E-state index is 5.84. The molecule has 0 aromatic heterocycles. The molecule has 2 nitrogen and oxygen atoms in total. The van der Waals surface area contributed by atoms with Crippen molar-refractivity contribution in [1.29, 1.82) is 0 Å². The average Bonchev–Trinajstić information content (AvgIpc) is 2.59. The molecule has 0 bridgehead atoms. The molecule has 2 aromatic rings. The highest BCUT2D eigenvalue weighted by atomic mass is 32.1. The highest BCUT2D eigenvalue weighted by Crippen LogP contribution is 2.23. The number of likely N-dealkylation sites (tertiary alicyclic amines) is 1. The van der Waals surface area contributed by atoms with Crippen LogP contribution in [0, 0.1) is 5.92 Å². The zero-order chi connectivity index (χ0) is 15.9. The summed E-state index contributed by atoms with van der Waals surface area (Å²) < 4.78 is 5.84. The normalized spacial score (nSPS) is 16.4. The molecule has 0 atom stereocenters. The summed E-state index contributed by atoms with van der Waals surface area (Å²) in [5.41, 5.74) is 1.47. The molecule has 3 heteroatoms. The van der Waals surface area contributed by atoms with E-state index in [1.54, 1.807) is 0 Å². The Labute approximate surface area is 144 Å². The van der Waals surface area contributed by atoms with Crippen molar-refractivity contribution in [3.05, 3.63) is 60.2 Å². The van der Waals surface area contributed by atoms with Gasteiger partial charge in [-0.15, -0.1) is 12.6 Å². The molecule has 0 radical (unpaired) electrons. The molecule has 1 aliphatic heterocycles. The van der Waals surface area contributed by atoms with Gasteiger partial charge in [0, 0.05) is 11.4 Å². The molecule has 3 rings (SSSR count). The lowest BCUT2D eigenvalue weighted by Gasteiger charge is -2.32. The maximum absolute atomic E-state index is 5.84. The highest BCUT2D eigenvalue weighted by molar-refractivity contribution is 7.80. The van der Waals surface area contributed by atoms with E-state index in [0.717, 1.165) is 29.7 Å². The van der Waals surface area contributed by atoms with Crippen LogP contribution in [0.2, 0.25) is 0 Å². The SMILES string of the molecule is Sc1ccccc1OCCN1CCC(Cc2ccccc2)CC1. The first kappa shape index (κ1) is 16.4. The van der Waals surface area contributed by atoms with Gasteiger partial charge in [-0.2, -0.15) is 0 Å². The lowest BCUT2D eigenvalue weighted by atomic mass is 9.90. The fourth-order valence-electron chi connectivity index (χ4n) is 3.23. The fourth-order valence-corrected chi connectivity index (χ4v) is 3.45. The van der Waals surface area contributed by atoms with Crippen molar-refractivity contribution in [1.82, 2.24) is 4.90 Å². The van der Waals surface area contributed by atoms with E-state index in [4.69, 9.17) is 4.74 Å². The van der Waals surface area contributed by atoms with Crippen molar-refractivity contribution in [3.8, 4) is 5.75 Å². The van der Waals surface area contributed by atoms with Crippen molar-refractivity contribution in [3.63, 3.8) is 0 Å². The molecule has 2 aromatic carbocycles. The van der Waals surface area contributed by atoms with Crippen LogP contribution in [-0.4, -0.2) is 31.1 Å². The molecule has 0 saturated carbocycles. The Balaban J connectivity index is 1.37. The van der Waals surface area contributed by atoms with Crippen LogP contribution in [0.1, 0.15) is 18.4 Å². The molecule has 0 amide bonds. The van der Waals surface area contributed by atoms with E-state index in [-0.39, 0.29) is 0 Å². The first-order chi connectivity index (χ1) is 11.3. The fraction of sp³-hybridized carbons (Fsp3) is 0.400. The Morgan fingerprint density at radius 1 is 0.957 bits per heavy atom. The predicted octanol–water partition coefficient (Wildman–Crippen LogP) is 4.31. The lowest BCUT2D eigenvalue weighted by Crippen LogP contribution is -2.37. The molecule has 1 heterocycles. The van der Waals surface area contributed by atoms with E-state index in [0.29, 0.717) is 0 Å². The van der Waals surface area contributed by atoms with Crippen molar-refractivity contribution in [2.24, 2.45) is 5.92 Å². The van der Waals surface area contributed by atoms with Gasteiger partial charge >= 0.3 is 0 Å². The van der Waals surface area contributed by atoms with E-state index in [1.807, 2.05) is 24.3 Å². The largest absolute Gasteiger partial charge is 0.491 e. The molecular formula is C20H25NOS. The molecule has 1 aliphatic rings. The van der Waals surface area contributed by atoms with Gasteiger partial charge in [0.25, 0.3) is 0 Å². The van der Waals surface area contributed by atoms with Crippen LogP contribution in [0.4, 0.5) is 0 Å². The van der Waals surface area contributed by atoms with Crippen LogP contribution < -0.4 is 4.74 Å². The zero-order valence-electron chi connectivity index (χ0n) is 13.5. The number of benzene rings is 2. The summed E-state index contributed by atoms with van der Waals surface area (Å²) in [5.74, 6) is 1.71. The third-order valence-corrected chi connectivity index (χ3v) is 4.97. The molecule has 1 saturated heterocycles. The molecule has 23 heavy (non-hydrogen) atoms. The summed E-state index contributed by atoms with van der Waals surface area (Å²) in [5, 5.41) is 0. The number of rotatable bonds is 6. The Kier molecular flexibility index (Phi) is 6.00. The van der Waals surface area contributed by atoms with Gasteiger partial charge in [0.2, 0.25) is 0 Å². The number of hydrogen-bond donors (Lipinski definition) is 1. The first-order valence-electron chi connectivity index (χ1n) is 8.48. The summed E-state index contributed by atoms with van der Waals surface area (Å²) in [6, 6.07) is 18.8. The number of ether oxygens (including phenoxy) is 1. The minimum absolute atomic E-state index is 0.737. The Morgan fingerprint density at radius 3 is 2.39 bits per heavy atom. The minimum Gasteiger partial charge on any atom is -0.491 e. The number of piperidine rings is 1. The smallest absolute Gasteiger partial charge is 0.132 e. The van der Waals surface area contributed by atoms with Gasteiger partial charge in [0.15, 0.2) is 0 Å². The summed E-state index contributed by atoms with van der Waals surface area (Å²) in [4.78, 5) is 3.43. The summed E-state index contributed by atoms with van der Waals surface area (Å²) in [7, 11) is 0. The molecule has 0 N–H and O–H groups in total. The van der Waals surface area contributed by atoms with Gasteiger partial charge in [-0.25, -0.2) is 0 Å². The van der Waals surface area contributed by atoms with Crippen molar-refractivity contribution < 1.29 is 4.74 Å². The molecule has 0 spiro atoms. The molecular weight excluding hydrogens is 302 g/mol. The van der Waals surface area contributed by atoms with Gasteiger partial charge in [0.05, 0.1) is 0 Å². The van der Waals surface area contributed by atoms with Crippen molar-refractivity contribution >= 4 is 12.6 Å². The molecule has 1 fully saturated rings. The second kappa shape index (κ2) is 8.42. The van der Waals surface area contributed by atoms with Crippen LogP contribution >= 0.6 is 12.6 Å². The van der Waals surface area contributed by atoms with E-state index < -0.39 is 0 Å². The second-order valence-electron chi connectivity index (χ2n) is 6.29. The predicted molar refractivity (Wildman–Crippen MR) is 98.5 cm³/mol. The van der Waals surface area contributed by atoms with Crippen molar-refractivity contribution in [2.75, 3.05) is 26.2 Å². The summed E-state index contributed by atoms with van der Waals surface area (Å²) in [6.45, 7) is 4.11. The summed E-state index contributed by atoms with van der Waals surface area (Å²) in [6.07, 6.45) is 3.80. The van der Waals surface area contributed by atoms with Gasteiger partial charge in [0.1, 0.15) is 12.4 Å². The van der Waals surface area contributed by atoms with Crippen LogP contribution in [0.25, 0.3) is 0 Å². The number of thiol groups is 1. The van der Waals surface area contributed by atoms with Gasteiger partial charge < -0.3 is 4.74 Å². The molecule has 0 aliphatic carbocycles. The van der Waals surface area contributed by atoms with E-state index in [2.05, 4.69) is 47.9 Å². The van der Waals surface area contributed by atoms with Crippen LogP contribution in [0.3, 0.4) is 0 Å². The van der Waals surface area contributed by atoms with Gasteiger partial charge in [-0.1, -0.05) is 42.5 Å². The number of para-hydroxylation sites is 1.